The van der Waals surface area contributed by atoms with Gasteiger partial charge in [0.25, 0.3) is 5.91 Å². The van der Waals surface area contributed by atoms with Gasteiger partial charge in [0, 0.05) is 19.3 Å². The van der Waals surface area contributed by atoms with Crippen LogP contribution in [0.1, 0.15) is 35.3 Å². The lowest BCUT2D eigenvalue weighted by molar-refractivity contribution is 0.0746. The summed E-state index contributed by atoms with van der Waals surface area (Å²) in [4.78, 5) is 15.0. The Morgan fingerprint density at radius 1 is 1.14 bits per heavy atom. The van der Waals surface area contributed by atoms with Crippen molar-refractivity contribution in [3.05, 3.63) is 52.0 Å². The van der Waals surface area contributed by atoms with Gasteiger partial charge in [-0.3, -0.25) is 4.79 Å². The number of carbonyl (C=O) groups excluding carboxylic acids is 1. The molecule has 0 aromatic heterocycles. The van der Waals surface area contributed by atoms with Crippen molar-refractivity contribution in [1.29, 1.82) is 0 Å². The van der Waals surface area contributed by atoms with Crippen molar-refractivity contribution in [2.45, 2.75) is 31.8 Å². The number of amides is 1. The quantitative estimate of drug-likeness (QED) is 0.684. The highest BCUT2D eigenvalue weighted by Gasteiger charge is 2.28. The van der Waals surface area contributed by atoms with Crippen LogP contribution in [-0.2, 0) is 22.9 Å². The van der Waals surface area contributed by atoms with Crippen molar-refractivity contribution in [3.63, 3.8) is 0 Å². The van der Waals surface area contributed by atoms with E-state index in [0.29, 0.717) is 36.2 Å². The molecule has 0 radical (unpaired) electrons. The summed E-state index contributed by atoms with van der Waals surface area (Å²) in [5.41, 5.74) is 2.12. The molecular formula is C21H24ClNO5S. The summed E-state index contributed by atoms with van der Waals surface area (Å²) in [7, 11) is -1.92. The lowest BCUT2D eigenvalue weighted by Crippen LogP contribution is -2.26. The molecule has 0 aliphatic carbocycles. The van der Waals surface area contributed by atoms with Gasteiger partial charge in [-0.15, -0.1) is 0 Å². The number of halogens is 1. The topological polar surface area (TPSA) is 72.9 Å². The van der Waals surface area contributed by atoms with E-state index in [9.17, 15) is 13.2 Å². The van der Waals surface area contributed by atoms with E-state index in [2.05, 4.69) is 0 Å². The third-order valence-corrected chi connectivity index (χ3v) is 6.07. The summed E-state index contributed by atoms with van der Waals surface area (Å²) < 4.78 is 35.0. The monoisotopic (exact) mass is 437 g/mol. The summed E-state index contributed by atoms with van der Waals surface area (Å²) in [5.74, 6) is 0.904. The van der Waals surface area contributed by atoms with Crippen LogP contribution < -0.4 is 9.47 Å². The first-order valence-corrected chi connectivity index (χ1v) is 11.5. The highest BCUT2D eigenvalue weighted by atomic mass is 35.5. The second-order valence-electron chi connectivity index (χ2n) is 7.55. The lowest BCUT2D eigenvalue weighted by atomic mass is 10.1. The first-order valence-electron chi connectivity index (χ1n) is 9.21. The minimum Gasteiger partial charge on any atom is -0.495 e. The van der Waals surface area contributed by atoms with Gasteiger partial charge >= 0.3 is 0 Å². The molecule has 3 rings (SSSR count). The van der Waals surface area contributed by atoms with Gasteiger partial charge in [-0.05, 0) is 47.4 Å². The maximum Gasteiger partial charge on any atom is 0.258 e. The molecule has 2 aromatic carbocycles. The number of hydrogen-bond donors (Lipinski definition) is 0. The lowest BCUT2D eigenvalue weighted by Gasteiger charge is -2.19. The average Bonchev–Trinajstić information content (AvgIpc) is 3.06. The number of ether oxygens (including phenoxy) is 2. The molecule has 1 aliphatic rings. The van der Waals surface area contributed by atoms with Gasteiger partial charge < -0.3 is 14.4 Å². The van der Waals surface area contributed by atoms with Crippen LogP contribution in [0.5, 0.6) is 11.5 Å². The zero-order chi connectivity index (χ0) is 21.3. The number of rotatable bonds is 6. The third-order valence-electron chi connectivity index (χ3n) is 4.67. The Bertz CT molecular complexity index is 1050. The number of methoxy groups -OCH3 is 1. The molecule has 1 heterocycles. The smallest absolute Gasteiger partial charge is 0.258 e. The summed E-state index contributed by atoms with van der Waals surface area (Å²) in [6.45, 7) is 5.19. The van der Waals surface area contributed by atoms with Crippen molar-refractivity contribution in [3.8, 4) is 11.5 Å². The number of nitrogens with zero attached hydrogens (tertiary/aromatic N) is 1. The molecule has 6 nitrogen and oxygen atoms in total. The maximum atomic E-state index is 13.3. The van der Waals surface area contributed by atoms with Gasteiger partial charge in [-0.2, -0.15) is 0 Å². The Hall–Kier alpha value is -2.25. The molecule has 1 amide bonds. The van der Waals surface area contributed by atoms with Crippen molar-refractivity contribution >= 4 is 27.3 Å². The van der Waals surface area contributed by atoms with E-state index in [-0.39, 0.29) is 22.3 Å². The number of carbonyl (C=O) groups is 1. The molecule has 156 valence electrons. The highest BCUT2D eigenvalue weighted by Crippen LogP contribution is 2.35. The summed E-state index contributed by atoms with van der Waals surface area (Å²) in [6.07, 6.45) is 1.12. The number of hydrogen-bond acceptors (Lipinski definition) is 5. The van der Waals surface area contributed by atoms with E-state index < -0.39 is 9.84 Å². The normalized spacial score (nSPS) is 13.5. The van der Waals surface area contributed by atoms with Crippen molar-refractivity contribution in [2.75, 3.05) is 20.0 Å². The van der Waals surface area contributed by atoms with Gasteiger partial charge in [0.1, 0.15) is 11.5 Å². The molecular weight excluding hydrogens is 414 g/mol. The van der Waals surface area contributed by atoms with Crippen molar-refractivity contribution in [2.24, 2.45) is 5.92 Å². The first kappa shape index (κ1) is 21.5. The van der Waals surface area contributed by atoms with E-state index in [0.717, 1.165) is 17.4 Å². The molecule has 0 atom stereocenters. The van der Waals surface area contributed by atoms with Crippen LogP contribution >= 0.6 is 11.6 Å². The first-order chi connectivity index (χ1) is 13.6. The Balaban J connectivity index is 1.94. The number of sulfone groups is 1. The molecule has 0 fully saturated rings. The fourth-order valence-electron chi connectivity index (χ4n) is 3.16. The van der Waals surface area contributed by atoms with Gasteiger partial charge in [-0.1, -0.05) is 25.4 Å². The maximum absolute atomic E-state index is 13.3. The standard InChI is InChI=1S/C21H24ClNO5S/c1-13(2)12-28-19-6-5-16(29(4,25)26)9-17(19)21(24)23-10-14-7-18(22)20(27-3)8-15(14)11-23/h5-9,13H,10-12H2,1-4H3. The molecule has 2 aromatic rings. The Morgan fingerprint density at radius 2 is 1.79 bits per heavy atom. The van der Waals surface area contributed by atoms with Crippen LogP contribution in [0.15, 0.2) is 35.2 Å². The molecule has 0 saturated carbocycles. The van der Waals surface area contributed by atoms with Crippen LogP contribution in [0.2, 0.25) is 5.02 Å². The third kappa shape index (κ3) is 4.67. The highest BCUT2D eigenvalue weighted by molar-refractivity contribution is 7.90. The predicted octanol–water partition coefficient (Wildman–Crippen LogP) is 3.94. The van der Waals surface area contributed by atoms with E-state index in [1.165, 1.54) is 12.1 Å². The fraction of sp³-hybridized carbons (Fsp3) is 0.381. The van der Waals surface area contributed by atoms with Crippen LogP contribution in [0, 0.1) is 5.92 Å². The molecule has 0 N–H and O–H groups in total. The number of fused-ring (bicyclic) bond motifs is 1. The summed E-state index contributed by atoms with van der Waals surface area (Å²) in [6, 6.07) is 8.03. The minimum absolute atomic E-state index is 0.0826. The zero-order valence-electron chi connectivity index (χ0n) is 16.9. The summed E-state index contributed by atoms with van der Waals surface area (Å²) >= 11 is 6.20. The second-order valence-corrected chi connectivity index (χ2v) is 9.97. The minimum atomic E-state index is -3.46. The molecule has 0 bridgehead atoms. The Morgan fingerprint density at radius 3 is 2.38 bits per heavy atom. The van der Waals surface area contributed by atoms with Crippen LogP contribution in [0.3, 0.4) is 0 Å². The largest absolute Gasteiger partial charge is 0.495 e. The van der Waals surface area contributed by atoms with E-state index in [1.54, 1.807) is 24.1 Å². The fourth-order valence-corrected chi connectivity index (χ4v) is 4.07. The van der Waals surface area contributed by atoms with E-state index >= 15 is 0 Å². The molecule has 29 heavy (non-hydrogen) atoms. The predicted molar refractivity (Wildman–Crippen MR) is 111 cm³/mol. The molecule has 0 spiro atoms. The van der Waals surface area contributed by atoms with Crippen molar-refractivity contribution < 1.29 is 22.7 Å². The van der Waals surface area contributed by atoms with Gasteiger partial charge in [0.05, 0.1) is 29.2 Å². The van der Waals surface area contributed by atoms with Crippen LogP contribution in [0.25, 0.3) is 0 Å². The molecule has 0 saturated heterocycles. The van der Waals surface area contributed by atoms with Crippen LogP contribution in [-0.4, -0.2) is 39.2 Å². The SMILES string of the molecule is COc1cc2c(cc1Cl)CN(C(=O)c1cc(S(C)(=O)=O)ccc1OCC(C)C)C2. The zero-order valence-corrected chi connectivity index (χ0v) is 18.4. The van der Waals surface area contributed by atoms with Gasteiger partial charge in [-0.25, -0.2) is 8.42 Å². The average molecular weight is 438 g/mol. The van der Waals surface area contributed by atoms with Gasteiger partial charge in [0.2, 0.25) is 0 Å². The Labute approximate surface area is 176 Å². The molecule has 1 aliphatic heterocycles. The van der Waals surface area contributed by atoms with E-state index in [4.69, 9.17) is 21.1 Å². The Kier molecular flexibility index (Phi) is 6.10. The number of benzene rings is 2. The van der Waals surface area contributed by atoms with E-state index in [1.807, 2.05) is 19.9 Å². The summed E-state index contributed by atoms with van der Waals surface area (Å²) in [5, 5.41) is 0.487. The van der Waals surface area contributed by atoms with Gasteiger partial charge in [0.15, 0.2) is 9.84 Å². The van der Waals surface area contributed by atoms with Crippen LogP contribution in [0.4, 0.5) is 0 Å². The van der Waals surface area contributed by atoms with Crippen molar-refractivity contribution in [1.82, 2.24) is 4.90 Å². The molecule has 8 heteroatoms. The molecule has 0 unspecified atom stereocenters. The second kappa shape index (κ2) is 8.24.